The third kappa shape index (κ3) is 3.37. The number of thioether (sulfide) groups is 1. The second-order valence-corrected chi connectivity index (χ2v) is 8.24. The summed E-state index contributed by atoms with van der Waals surface area (Å²) in [6.07, 6.45) is 1.71. The molecule has 2 aromatic rings. The van der Waals surface area contributed by atoms with Crippen LogP contribution in [-0.2, 0) is 24.8 Å². The van der Waals surface area contributed by atoms with Crippen molar-refractivity contribution in [3.8, 4) is 5.75 Å². The van der Waals surface area contributed by atoms with Crippen LogP contribution in [0.15, 0.2) is 24.3 Å². The van der Waals surface area contributed by atoms with Crippen LogP contribution in [-0.4, -0.2) is 49.9 Å². The standard InChI is InChI=1S/C23H23NO7S/c1-5-30-21(25)14-9-10-31-19-13(14)7-6-8-15(19)20-24-12(2)17(22(26)28-3)18(23(27)29-4)16(24)11-32-20/h6-9,20H,5,10-11H2,1-4H3/t20-/m1/s1. The van der Waals surface area contributed by atoms with Gasteiger partial charge in [-0.05, 0) is 19.9 Å². The first-order valence-electron chi connectivity index (χ1n) is 10.1. The topological polar surface area (TPSA) is 93.1 Å². The molecule has 0 aliphatic carbocycles. The van der Waals surface area contributed by atoms with E-state index in [2.05, 4.69) is 0 Å². The molecular formula is C23H23NO7S. The predicted octanol–water partition coefficient (Wildman–Crippen LogP) is 3.50. The Morgan fingerprint density at radius 2 is 1.84 bits per heavy atom. The van der Waals surface area contributed by atoms with Crippen LogP contribution in [0, 0.1) is 6.92 Å². The number of carbonyl (C=O) groups excluding carboxylic acids is 3. The number of nitrogens with zero attached hydrogens (tertiary/aromatic N) is 1. The van der Waals surface area contributed by atoms with Crippen molar-refractivity contribution in [2.75, 3.05) is 27.4 Å². The Bertz CT molecular complexity index is 1150. The summed E-state index contributed by atoms with van der Waals surface area (Å²) >= 11 is 1.60. The van der Waals surface area contributed by atoms with Crippen LogP contribution in [0.2, 0.25) is 0 Å². The number of methoxy groups -OCH3 is 2. The van der Waals surface area contributed by atoms with Gasteiger partial charge in [0, 0.05) is 28.3 Å². The van der Waals surface area contributed by atoms with Gasteiger partial charge in [0.25, 0.3) is 0 Å². The van der Waals surface area contributed by atoms with E-state index in [1.54, 1.807) is 31.7 Å². The van der Waals surface area contributed by atoms with E-state index in [0.717, 1.165) is 5.56 Å². The van der Waals surface area contributed by atoms with Gasteiger partial charge in [-0.25, -0.2) is 14.4 Å². The van der Waals surface area contributed by atoms with Crippen molar-refractivity contribution in [2.45, 2.75) is 25.0 Å². The zero-order valence-corrected chi connectivity index (χ0v) is 19.0. The molecule has 2 aliphatic heterocycles. The van der Waals surface area contributed by atoms with Crippen LogP contribution in [0.4, 0.5) is 0 Å². The lowest BCUT2D eigenvalue weighted by Crippen LogP contribution is -2.16. The molecule has 0 amide bonds. The summed E-state index contributed by atoms with van der Waals surface area (Å²) in [5.74, 6) is -0.477. The second kappa shape index (κ2) is 8.74. The van der Waals surface area contributed by atoms with Crippen LogP contribution in [0.1, 0.15) is 55.5 Å². The van der Waals surface area contributed by atoms with E-state index < -0.39 is 17.9 Å². The van der Waals surface area contributed by atoms with Crippen molar-refractivity contribution >= 4 is 35.2 Å². The minimum Gasteiger partial charge on any atom is -0.488 e. The number of ether oxygens (including phenoxy) is 4. The van der Waals surface area contributed by atoms with E-state index in [1.165, 1.54) is 14.2 Å². The van der Waals surface area contributed by atoms with Gasteiger partial charge in [0.1, 0.15) is 17.7 Å². The van der Waals surface area contributed by atoms with E-state index in [4.69, 9.17) is 18.9 Å². The van der Waals surface area contributed by atoms with E-state index in [1.807, 2.05) is 22.8 Å². The number of fused-ring (bicyclic) bond motifs is 2. The molecule has 0 saturated heterocycles. The van der Waals surface area contributed by atoms with Crippen LogP contribution in [0.5, 0.6) is 5.75 Å². The van der Waals surface area contributed by atoms with E-state index >= 15 is 0 Å². The number of aromatic nitrogens is 1. The quantitative estimate of drug-likeness (QED) is 0.498. The summed E-state index contributed by atoms with van der Waals surface area (Å²) in [7, 11) is 2.57. The Morgan fingerprint density at radius 3 is 2.53 bits per heavy atom. The summed E-state index contributed by atoms with van der Waals surface area (Å²) in [5.41, 5.74) is 3.70. The van der Waals surface area contributed by atoms with Gasteiger partial charge in [-0.3, -0.25) is 0 Å². The smallest absolute Gasteiger partial charge is 0.340 e. The molecule has 0 fully saturated rings. The summed E-state index contributed by atoms with van der Waals surface area (Å²) in [4.78, 5) is 37.5. The minimum absolute atomic E-state index is 0.206. The first-order valence-corrected chi connectivity index (χ1v) is 11.1. The van der Waals surface area contributed by atoms with Crippen LogP contribution >= 0.6 is 11.8 Å². The van der Waals surface area contributed by atoms with Gasteiger partial charge in [0.15, 0.2) is 0 Å². The number of hydrogen-bond donors (Lipinski definition) is 0. The summed E-state index contributed by atoms with van der Waals surface area (Å²) in [6.45, 7) is 4.07. The van der Waals surface area contributed by atoms with E-state index in [9.17, 15) is 14.4 Å². The molecule has 1 atom stereocenters. The van der Waals surface area contributed by atoms with E-state index in [0.29, 0.717) is 34.0 Å². The molecule has 0 saturated carbocycles. The molecule has 3 heterocycles. The predicted molar refractivity (Wildman–Crippen MR) is 118 cm³/mol. The van der Waals surface area contributed by atoms with Gasteiger partial charge in [0.2, 0.25) is 0 Å². The zero-order valence-electron chi connectivity index (χ0n) is 18.2. The number of esters is 3. The molecule has 8 nitrogen and oxygen atoms in total. The SMILES string of the molecule is CCOC(=O)C1=CCOc2c1cccc2[C@H]1SCc2c(C(=O)OC)c(C(=O)OC)c(C)n21. The first-order chi connectivity index (χ1) is 15.4. The molecule has 168 valence electrons. The Hall–Kier alpha value is -3.20. The zero-order chi connectivity index (χ0) is 23.0. The maximum Gasteiger partial charge on any atom is 0.340 e. The van der Waals surface area contributed by atoms with Crippen molar-refractivity contribution in [1.82, 2.24) is 4.57 Å². The molecule has 32 heavy (non-hydrogen) atoms. The molecule has 4 rings (SSSR count). The van der Waals surface area contributed by atoms with E-state index in [-0.39, 0.29) is 29.7 Å². The van der Waals surface area contributed by atoms with Crippen LogP contribution in [0.25, 0.3) is 5.57 Å². The molecule has 0 radical (unpaired) electrons. The van der Waals surface area contributed by atoms with Gasteiger partial charge in [0.05, 0.1) is 37.5 Å². The van der Waals surface area contributed by atoms with Crippen molar-refractivity contribution in [3.63, 3.8) is 0 Å². The van der Waals surface area contributed by atoms with Crippen molar-refractivity contribution in [1.29, 1.82) is 0 Å². The lowest BCUT2D eigenvalue weighted by Gasteiger charge is -2.24. The summed E-state index contributed by atoms with van der Waals surface area (Å²) < 4.78 is 23.0. The van der Waals surface area contributed by atoms with Gasteiger partial charge in [-0.1, -0.05) is 18.2 Å². The molecule has 0 spiro atoms. The lowest BCUT2D eigenvalue weighted by atomic mass is 9.99. The number of rotatable bonds is 5. The van der Waals surface area contributed by atoms with Crippen molar-refractivity contribution in [2.24, 2.45) is 0 Å². The van der Waals surface area contributed by atoms with Crippen LogP contribution < -0.4 is 4.74 Å². The average molecular weight is 458 g/mol. The molecule has 1 aromatic carbocycles. The molecule has 9 heteroatoms. The summed E-state index contributed by atoms with van der Waals surface area (Å²) in [5, 5.41) is -0.261. The van der Waals surface area contributed by atoms with Gasteiger partial charge < -0.3 is 23.5 Å². The molecule has 0 unspecified atom stereocenters. The highest BCUT2D eigenvalue weighted by molar-refractivity contribution is 7.99. The first kappa shape index (κ1) is 22.0. The van der Waals surface area contributed by atoms with Gasteiger partial charge >= 0.3 is 17.9 Å². The number of para-hydroxylation sites is 1. The molecule has 0 bridgehead atoms. The normalized spacial score (nSPS) is 16.4. The molecule has 1 aromatic heterocycles. The maximum atomic E-state index is 12.5. The highest BCUT2D eigenvalue weighted by atomic mass is 32.2. The monoisotopic (exact) mass is 457 g/mol. The third-order valence-electron chi connectivity index (χ3n) is 5.56. The number of benzene rings is 1. The van der Waals surface area contributed by atoms with Crippen LogP contribution in [0.3, 0.4) is 0 Å². The fourth-order valence-corrected chi connectivity index (χ4v) is 5.60. The largest absolute Gasteiger partial charge is 0.488 e. The highest BCUT2D eigenvalue weighted by Gasteiger charge is 2.39. The van der Waals surface area contributed by atoms with Gasteiger partial charge in [-0.15, -0.1) is 11.8 Å². The fraction of sp³-hybridized carbons (Fsp3) is 0.348. The minimum atomic E-state index is -0.590. The van der Waals surface area contributed by atoms with Gasteiger partial charge in [-0.2, -0.15) is 0 Å². The fourth-order valence-electron chi connectivity index (χ4n) is 4.21. The lowest BCUT2D eigenvalue weighted by molar-refractivity contribution is -0.136. The summed E-state index contributed by atoms with van der Waals surface area (Å²) in [6, 6.07) is 5.61. The Balaban J connectivity index is 1.85. The third-order valence-corrected chi connectivity index (χ3v) is 6.78. The Kier molecular flexibility index (Phi) is 6.01. The highest BCUT2D eigenvalue weighted by Crippen LogP contribution is 2.49. The number of hydrogen-bond acceptors (Lipinski definition) is 8. The molecular weight excluding hydrogens is 434 g/mol. The Labute approximate surface area is 189 Å². The van der Waals surface area contributed by atoms with Crippen molar-refractivity contribution < 1.29 is 33.3 Å². The Morgan fingerprint density at radius 1 is 1.12 bits per heavy atom. The second-order valence-electron chi connectivity index (χ2n) is 7.17. The molecule has 2 aliphatic rings. The maximum absolute atomic E-state index is 12.5. The van der Waals surface area contributed by atoms with Crippen molar-refractivity contribution in [3.05, 3.63) is 57.9 Å². The average Bonchev–Trinajstić information content (AvgIpc) is 3.36. The number of carbonyl (C=O) groups is 3. The molecule has 0 N–H and O–H groups in total.